The van der Waals surface area contributed by atoms with Gasteiger partial charge in [-0.3, -0.25) is 9.97 Å². The van der Waals surface area contributed by atoms with E-state index in [2.05, 4.69) is 40.6 Å². The van der Waals surface area contributed by atoms with Crippen LogP contribution in [0.1, 0.15) is 39.5 Å². The normalized spacial score (nSPS) is 10.2. The average molecular weight is 611 g/mol. The van der Waals surface area contributed by atoms with Gasteiger partial charge in [0.25, 0.3) is 0 Å². The van der Waals surface area contributed by atoms with Crippen LogP contribution in [-0.2, 0) is 23.4 Å². The molecule has 0 aliphatic rings. The van der Waals surface area contributed by atoms with Gasteiger partial charge in [-0.15, -0.1) is 0 Å². The summed E-state index contributed by atoms with van der Waals surface area (Å²) in [5, 5.41) is 24.1. The number of nitrogens with zero attached hydrogens (tertiary/aromatic N) is 4. The molecule has 0 aliphatic heterocycles. The number of hydrogen-bond acceptors (Lipinski definition) is 10. The molecule has 2 N–H and O–H groups in total. The smallest absolute Gasteiger partial charge is 0.145 e. The number of aromatic nitrogens is 2. The lowest BCUT2D eigenvalue weighted by Crippen LogP contribution is -1.90. The maximum Gasteiger partial charge on any atom is 0.145 e. The van der Waals surface area contributed by atoms with Gasteiger partial charge in [-0.05, 0) is 56.3 Å². The molecule has 11 heteroatoms. The summed E-state index contributed by atoms with van der Waals surface area (Å²) >= 11 is 3.28. The lowest BCUT2D eigenvalue weighted by Gasteiger charge is -1.96. The molecular formula is C29H31BrN4O6. The van der Waals surface area contributed by atoms with Crippen molar-refractivity contribution in [2.45, 2.75) is 32.4 Å². The van der Waals surface area contributed by atoms with Crippen LogP contribution in [0.4, 0.5) is 0 Å². The highest BCUT2D eigenvalue weighted by Crippen LogP contribution is 2.04. The molecule has 5 rings (SSSR count). The van der Waals surface area contributed by atoms with Crippen molar-refractivity contribution >= 4 is 28.4 Å². The van der Waals surface area contributed by atoms with Crippen molar-refractivity contribution in [3.63, 3.8) is 0 Å². The van der Waals surface area contributed by atoms with E-state index in [1.807, 2.05) is 56.3 Å². The summed E-state index contributed by atoms with van der Waals surface area (Å²) in [5.41, 5.74) is 6.28. The minimum atomic E-state index is 0.0660. The first-order valence-corrected chi connectivity index (χ1v) is 13.1. The standard InChI is InChI=1S/C12H12N2O2.C7H8N2O.C5H5BrO.C5H6O2/c1-10-3-2-4-12(14-10)7-13-16-9-11-5-6-15-8-11;1-6-3-2-4-7(9-6)5-8-10;2*6-3-5-1-2-7-4-5/h2-8H,9H2,1H3;2-5,10H,1H3;1-2,4H,3H2;1-2,4,6H,3H2/b13-7+;8-5+;;. The van der Waals surface area contributed by atoms with Gasteiger partial charge in [-0.1, -0.05) is 38.4 Å². The van der Waals surface area contributed by atoms with Gasteiger partial charge in [0, 0.05) is 33.4 Å². The van der Waals surface area contributed by atoms with E-state index in [4.69, 9.17) is 24.0 Å². The summed E-state index contributed by atoms with van der Waals surface area (Å²) < 4.78 is 14.3. The Morgan fingerprint density at radius 1 is 0.775 bits per heavy atom. The lowest BCUT2D eigenvalue weighted by molar-refractivity contribution is 0.131. The molecule has 0 radical (unpaired) electrons. The number of rotatable bonds is 7. The molecular weight excluding hydrogens is 580 g/mol. The maximum atomic E-state index is 8.37. The Morgan fingerprint density at radius 3 is 1.70 bits per heavy atom. The zero-order valence-corrected chi connectivity index (χ0v) is 23.7. The molecule has 210 valence electrons. The predicted molar refractivity (Wildman–Crippen MR) is 154 cm³/mol. The number of furan rings is 3. The number of pyridine rings is 2. The van der Waals surface area contributed by atoms with Crippen molar-refractivity contribution in [3.05, 3.63) is 132 Å². The second-order valence-electron chi connectivity index (χ2n) is 7.85. The van der Waals surface area contributed by atoms with Gasteiger partial charge in [0.15, 0.2) is 0 Å². The van der Waals surface area contributed by atoms with Crippen LogP contribution in [0.5, 0.6) is 0 Å². The van der Waals surface area contributed by atoms with E-state index < -0.39 is 0 Å². The number of oxime groups is 2. The average Bonchev–Trinajstić information content (AvgIpc) is 3.77. The van der Waals surface area contributed by atoms with Crippen molar-refractivity contribution in [1.82, 2.24) is 9.97 Å². The third-order valence-corrected chi connectivity index (χ3v) is 5.23. The zero-order chi connectivity index (χ0) is 28.8. The fourth-order valence-electron chi connectivity index (χ4n) is 2.66. The number of aryl methyl sites for hydroxylation is 2. The van der Waals surface area contributed by atoms with Gasteiger partial charge in [0.1, 0.15) is 6.61 Å². The molecule has 0 aliphatic carbocycles. The van der Waals surface area contributed by atoms with E-state index in [9.17, 15) is 0 Å². The largest absolute Gasteiger partial charge is 0.472 e. The first-order chi connectivity index (χ1) is 19.5. The van der Waals surface area contributed by atoms with Gasteiger partial charge in [0.2, 0.25) is 0 Å². The van der Waals surface area contributed by atoms with Gasteiger partial charge < -0.3 is 28.4 Å². The van der Waals surface area contributed by atoms with Gasteiger partial charge in [-0.2, -0.15) is 0 Å². The Bertz CT molecular complexity index is 1320. The van der Waals surface area contributed by atoms with Crippen molar-refractivity contribution in [2.75, 3.05) is 0 Å². The van der Waals surface area contributed by atoms with E-state index in [0.717, 1.165) is 33.5 Å². The molecule has 5 aromatic rings. The summed E-state index contributed by atoms with van der Waals surface area (Å²) in [7, 11) is 0. The van der Waals surface area contributed by atoms with E-state index in [0.29, 0.717) is 12.3 Å². The van der Waals surface area contributed by atoms with Crippen LogP contribution in [-0.4, -0.2) is 32.7 Å². The summed E-state index contributed by atoms with van der Waals surface area (Å²) in [5.74, 6) is 0. The van der Waals surface area contributed by atoms with Crippen molar-refractivity contribution < 1.29 is 28.4 Å². The molecule has 0 bridgehead atoms. The van der Waals surface area contributed by atoms with Crippen LogP contribution in [0, 0.1) is 13.8 Å². The van der Waals surface area contributed by atoms with Crippen molar-refractivity contribution in [3.8, 4) is 0 Å². The van der Waals surface area contributed by atoms with Crippen molar-refractivity contribution in [2.24, 2.45) is 10.3 Å². The monoisotopic (exact) mass is 610 g/mol. The van der Waals surface area contributed by atoms with E-state index in [1.165, 1.54) is 24.3 Å². The molecule has 10 nitrogen and oxygen atoms in total. The maximum absolute atomic E-state index is 8.37. The Morgan fingerprint density at radius 2 is 1.30 bits per heavy atom. The molecule has 0 aromatic carbocycles. The van der Waals surface area contributed by atoms with Crippen LogP contribution in [0.15, 0.2) is 116 Å². The fraction of sp³-hybridized carbons (Fsp3) is 0.172. The molecule has 0 atom stereocenters. The highest BCUT2D eigenvalue weighted by molar-refractivity contribution is 9.08. The minimum absolute atomic E-state index is 0.0660. The molecule has 0 unspecified atom stereocenters. The van der Waals surface area contributed by atoms with Gasteiger partial charge in [-0.25, -0.2) is 0 Å². The van der Waals surface area contributed by atoms with E-state index in [-0.39, 0.29) is 6.61 Å². The van der Waals surface area contributed by atoms with Crippen LogP contribution in [0.25, 0.3) is 0 Å². The number of hydrogen-bond donors (Lipinski definition) is 2. The van der Waals surface area contributed by atoms with E-state index >= 15 is 0 Å². The third-order valence-electron chi connectivity index (χ3n) is 4.58. The van der Waals surface area contributed by atoms with Crippen LogP contribution < -0.4 is 0 Å². The molecule has 0 fully saturated rings. The summed E-state index contributed by atoms with van der Waals surface area (Å²) in [6.45, 7) is 4.29. The first kappa shape index (κ1) is 31.7. The summed E-state index contributed by atoms with van der Waals surface area (Å²) in [4.78, 5) is 13.4. The number of aliphatic hydroxyl groups is 1. The topological polar surface area (TPSA) is 140 Å². The SMILES string of the molecule is BrCc1ccoc1.Cc1cccc(/C=N/O)n1.Cc1cccc(/C=N/OCc2ccoc2)n1.OCc1ccoc1. The first-order valence-electron chi connectivity index (χ1n) is 11.9. The summed E-state index contributed by atoms with van der Waals surface area (Å²) in [6.07, 6.45) is 12.5. The quantitative estimate of drug-likeness (QED) is 0.0900. The zero-order valence-electron chi connectivity index (χ0n) is 22.1. The Balaban J connectivity index is 0.000000200. The molecule has 0 saturated heterocycles. The molecule has 0 saturated carbocycles. The molecule has 40 heavy (non-hydrogen) atoms. The Kier molecular flexibility index (Phi) is 15.5. The lowest BCUT2D eigenvalue weighted by atomic mass is 10.3. The number of alkyl halides is 1. The van der Waals surface area contributed by atoms with E-state index in [1.54, 1.807) is 43.4 Å². The van der Waals surface area contributed by atoms with Crippen molar-refractivity contribution in [1.29, 1.82) is 0 Å². The van der Waals surface area contributed by atoms with Crippen LogP contribution >= 0.6 is 15.9 Å². The highest BCUT2D eigenvalue weighted by atomic mass is 79.9. The molecule has 0 amide bonds. The fourth-order valence-corrected chi connectivity index (χ4v) is 2.98. The van der Waals surface area contributed by atoms with Gasteiger partial charge >= 0.3 is 0 Å². The molecule has 5 aromatic heterocycles. The van der Waals surface area contributed by atoms with Crippen LogP contribution in [0.2, 0.25) is 0 Å². The summed E-state index contributed by atoms with van der Waals surface area (Å²) in [6, 6.07) is 16.7. The molecule has 5 heterocycles. The second kappa shape index (κ2) is 19.6. The number of halogens is 1. The predicted octanol–water partition coefficient (Wildman–Crippen LogP) is 6.68. The Labute approximate surface area is 240 Å². The van der Waals surface area contributed by atoms with Gasteiger partial charge in [0.05, 0.1) is 68.0 Å². The number of aliphatic hydroxyl groups excluding tert-OH is 1. The highest BCUT2D eigenvalue weighted by Gasteiger charge is 1.93. The van der Waals surface area contributed by atoms with Crippen LogP contribution in [0.3, 0.4) is 0 Å². The minimum Gasteiger partial charge on any atom is -0.472 e. The molecule has 0 spiro atoms. The third kappa shape index (κ3) is 13.9. The Hall–Kier alpha value is -4.48. The second-order valence-corrected chi connectivity index (χ2v) is 8.41.